The molecule has 1 aliphatic heterocycles. The maximum atomic E-state index is 12.1. The molecule has 0 spiro atoms. The number of rotatable bonds is 16. The lowest BCUT2D eigenvalue weighted by atomic mass is 10.0. The van der Waals surface area contributed by atoms with Gasteiger partial charge in [-0.15, -0.1) is 0 Å². The number of methoxy groups -OCH3 is 1. The van der Waals surface area contributed by atoms with E-state index in [0.29, 0.717) is 19.6 Å². The van der Waals surface area contributed by atoms with Crippen molar-refractivity contribution in [2.75, 3.05) is 20.3 Å². The molecule has 1 aliphatic rings. The Morgan fingerprint density at radius 3 is 1.82 bits per heavy atom. The molecule has 0 bridgehead atoms. The second kappa shape index (κ2) is 16.7. The van der Waals surface area contributed by atoms with Gasteiger partial charge in [-0.1, -0.05) is 90.4 Å². The molecular weight excluding hydrogens is 354 g/mol. The van der Waals surface area contributed by atoms with Gasteiger partial charge in [-0.25, -0.2) is 9.59 Å². The summed E-state index contributed by atoms with van der Waals surface area (Å²) in [6.07, 6.45) is 19.4. The molecule has 0 aliphatic carbocycles. The molecule has 0 aromatic heterocycles. The van der Waals surface area contributed by atoms with Gasteiger partial charge in [-0.3, -0.25) is 4.90 Å². The number of hydrogen-bond acceptors (Lipinski definition) is 4. The minimum absolute atomic E-state index is 0.280. The monoisotopic (exact) mass is 397 g/mol. The number of nitrogens with zero attached hydrogens (tertiary/aromatic N) is 1. The third-order valence-corrected chi connectivity index (χ3v) is 5.68. The first kappa shape index (κ1) is 24.8. The third-order valence-electron chi connectivity index (χ3n) is 5.68. The van der Waals surface area contributed by atoms with Gasteiger partial charge < -0.3 is 9.47 Å². The summed E-state index contributed by atoms with van der Waals surface area (Å²) in [6, 6.07) is -0.459. The number of amides is 1. The van der Waals surface area contributed by atoms with Crippen molar-refractivity contribution in [3.05, 3.63) is 0 Å². The normalized spacial score (nSPS) is 16.4. The lowest BCUT2D eigenvalue weighted by Crippen LogP contribution is -2.41. The first-order valence-corrected chi connectivity index (χ1v) is 11.7. The predicted octanol–water partition coefficient (Wildman–Crippen LogP) is 6.24. The topological polar surface area (TPSA) is 55.8 Å². The van der Waals surface area contributed by atoms with Crippen LogP contribution in [0.4, 0.5) is 4.79 Å². The molecule has 1 amide bonds. The van der Waals surface area contributed by atoms with E-state index < -0.39 is 12.1 Å². The van der Waals surface area contributed by atoms with Crippen molar-refractivity contribution in [1.29, 1.82) is 0 Å². The van der Waals surface area contributed by atoms with Gasteiger partial charge in [0.2, 0.25) is 0 Å². The highest BCUT2D eigenvalue weighted by atomic mass is 16.6. The van der Waals surface area contributed by atoms with Crippen LogP contribution in [0.25, 0.3) is 0 Å². The van der Waals surface area contributed by atoms with E-state index in [-0.39, 0.29) is 5.97 Å². The number of carbonyl (C=O) groups excluding carboxylic acids is 2. The van der Waals surface area contributed by atoms with E-state index in [2.05, 4.69) is 6.92 Å². The van der Waals surface area contributed by atoms with Crippen LogP contribution in [0, 0.1) is 0 Å². The van der Waals surface area contributed by atoms with Crippen molar-refractivity contribution in [3.8, 4) is 0 Å². The molecule has 28 heavy (non-hydrogen) atoms. The van der Waals surface area contributed by atoms with Crippen LogP contribution < -0.4 is 0 Å². The van der Waals surface area contributed by atoms with E-state index in [1.54, 1.807) is 0 Å². The van der Waals surface area contributed by atoms with Crippen molar-refractivity contribution in [2.24, 2.45) is 0 Å². The molecule has 1 rings (SSSR count). The predicted molar refractivity (Wildman–Crippen MR) is 113 cm³/mol. The minimum atomic E-state index is -0.459. The first-order valence-electron chi connectivity index (χ1n) is 11.7. The van der Waals surface area contributed by atoms with Gasteiger partial charge in [0.25, 0.3) is 0 Å². The Morgan fingerprint density at radius 1 is 0.821 bits per heavy atom. The van der Waals surface area contributed by atoms with Crippen LogP contribution in [0.5, 0.6) is 0 Å². The van der Waals surface area contributed by atoms with Gasteiger partial charge in [-0.2, -0.15) is 0 Å². The summed E-state index contributed by atoms with van der Waals surface area (Å²) in [5, 5.41) is 0. The van der Waals surface area contributed by atoms with Gasteiger partial charge in [0.1, 0.15) is 6.04 Å². The van der Waals surface area contributed by atoms with Crippen LogP contribution in [0.1, 0.15) is 110 Å². The standard InChI is InChI=1S/C23H43NO4/c1-3-4-5-6-7-8-9-10-11-12-13-14-15-16-20-28-22(25)21-18-17-19-24(21)23(26)27-2/h21H,3-20H2,1-2H3. The molecule has 0 saturated carbocycles. The van der Waals surface area contributed by atoms with E-state index in [4.69, 9.17) is 9.47 Å². The summed E-state index contributed by atoms with van der Waals surface area (Å²) in [6.45, 7) is 3.30. The zero-order valence-electron chi connectivity index (χ0n) is 18.4. The first-order chi connectivity index (χ1) is 13.7. The fraction of sp³-hybridized carbons (Fsp3) is 0.913. The largest absolute Gasteiger partial charge is 0.464 e. The molecule has 5 nitrogen and oxygen atoms in total. The average molecular weight is 398 g/mol. The van der Waals surface area contributed by atoms with Crippen LogP contribution in [0.2, 0.25) is 0 Å². The van der Waals surface area contributed by atoms with Crippen molar-refractivity contribution in [2.45, 2.75) is 116 Å². The van der Waals surface area contributed by atoms with E-state index >= 15 is 0 Å². The zero-order chi connectivity index (χ0) is 20.5. The quantitative estimate of drug-likeness (QED) is 0.228. The molecule has 1 heterocycles. The second-order valence-electron chi connectivity index (χ2n) is 8.09. The summed E-state index contributed by atoms with van der Waals surface area (Å²) in [5.41, 5.74) is 0. The fourth-order valence-corrected chi connectivity index (χ4v) is 3.91. The molecule has 0 radical (unpaired) electrons. The Hall–Kier alpha value is -1.26. The Balaban J connectivity index is 1.87. The number of carbonyl (C=O) groups is 2. The summed E-state index contributed by atoms with van der Waals surface area (Å²) >= 11 is 0. The van der Waals surface area contributed by atoms with Gasteiger partial charge in [0.05, 0.1) is 13.7 Å². The molecule has 1 atom stereocenters. The average Bonchev–Trinajstić information content (AvgIpc) is 3.20. The summed E-state index contributed by atoms with van der Waals surface area (Å²) in [7, 11) is 1.34. The summed E-state index contributed by atoms with van der Waals surface area (Å²) < 4.78 is 10.1. The van der Waals surface area contributed by atoms with Crippen LogP contribution >= 0.6 is 0 Å². The smallest absolute Gasteiger partial charge is 0.410 e. The highest BCUT2D eigenvalue weighted by Gasteiger charge is 2.35. The number of ether oxygens (including phenoxy) is 2. The van der Waals surface area contributed by atoms with Crippen LogP contribution in [-0.2, 0) is 14.3 Å². The Kier molecular flexibility index (Phi) is 14.8. The van der Waals surface area contributed by atoms with Gasteiger partial charge in [0.15, 0.2) is 0 Å². The van der Waals surface area contributed by atoms with Crippen LogP contribution in [0.15, 0.2) is 0 Å². The van der Waals surface area contributed by atoms with E-state index in [1.165, 1.54) is 89.1 Å². The number of unbranched alkanes of at least 4 members (excludes halogenated alkanes) is 13. The van der Waals surface area contributed by atoms with Crippen molar-refractivity contribution < 1.29 is 19.1 Å². The van der Waals surface area contributed by atoms with E-state index in [0.717, 1.165) is 19.3 Å². The fourth-order valence-electron chi connectivity index (χ4n) is 3.91. The molecule has 164 valence electrons. The van der Waals surface area contributed by atoms with Crippen LogP contribution in [-0.4, -0.2) is 43.3 Å². The van der Waals surface area contributed by atoms with Gasteiger partial charge >= 0.3 is 12.1 Å². The number of hydrogen-bond donors (Lipinski definition) is 0. The molecule has 0 N–H and O–H groups in total. The maximum Gasteiger partial charge on any atom is 0.410 e. The molecule has 1 fully saturated rings. The summed E-state index contributed by atoms with van der Waals surface area (Å²) in [4.78, 5) is 25.3. The Morgan fingerprint density at radius 2 is 1.32 bits per heavy atom. The maximum absolute atomic E-state index is 12.1. The highest BCUT2D eigenvalue weighted by Crippen LogP contribution is 2.19. The molecule has 0 aromatic carbocycles. The Bertz CT molecular complexity index is 413. The lowest BCUT2D eigenvalue weighted by Gasteiger charge is -2.21. The van der Waals surface area contributed by atoms with E-state index in [1.807, 2.05) is 0 Å². The molecular formula is C23H43NO4. The van der Waals surface area contributed by atoms with Gasteiger partial charge in [0, 0.05) is 6.54 Å². The minimum Gasteiger partial charge on any atom is -0.464 e. The molecule has 5 heteroatoms. The molecule has 1 saturated heterocycles. The summed E-state index contributed by atoms with van der Waals surface area (Å²) in [5.74, 6) is -0.280. The van der Waals surface area contributed by atoms with Crippen molar-refractivity contribution >= 4 is 12.1 Å². The molecule has 0 aromatic rings. The third kappa shape index (κ3) is 10.9. The number of likely N-dealkylation sites (tertiary alicyclic amines) is 1. The molecule has 1 unspecified atom stereocenters. The van der Waals surface area contributed by atoms with Crippen LogP contribution in [0.3, 0.4) is 0 Å². The zero-order valence-corrected chi connectivity index (χ0v) is 18.4. The lowest BCUT2D eigenvalue weighted by molar-refractivity contribution is -0.148. The Labute approximate surface area is 172 Å². The van der Waals surface area contributed by atoms with E-state index in [9.17, 15) is 9.59 Å². The van der Waals surface area contributed by atoms with Crippen molar-refractivity contribution in [3.63, 3.8) is 0 Å². The second-order valence-corrected chi connectivity index (χ2v) is 8.09. The SMILES string of the molecule is CCCCCCCCCCCCCCCCOC(=O)C1CCCN1C(=O)OC. The van der Waals surface area contributed by atoms with Gasteiger partial charge in [-0.05, 0) is 19.3 Å². The van der Waals surface area contributed by atoms with Crippen molar-refractivity contribution in [1.82, 2.24) is 4.90 Å². The highest BCUT2D eigenvalue weighted by molar-refractivity contribution is 5.82. The number of esters is 1.